The van der Waals surface area contributed by atoms with Crippen molar-refractivity contribution in [3.8, 4) is 11.5 Å². The van der Waals surface area contributed by atoms with Gasteiger partial charge in [0, 0.05) is 27.5 Å². The predicted molar refractivity (Wildman–Crippen MR) is 92.0 cm³/mol. The Morgan fingerprint density at radius 3 is 2.74 bits per heavy atom. The number of aromatic hydroxyl groups is 1. The molecule has 120 valence electrons. The van der Waals surface area contributed by atoms with Gasteiger partial charge in [-0.1, -0.05) is 31.2 Å². The van der Waals surface area contributed by atoms with Crippen LogP contribution in [0.1, 0.15) is 37.0 Å². The number of benzene rings is 2. The Morgan fingerprint density at radius 1 is 1.30 bits per heavy atom. The van der Waals surface area contributed by atoms with Crippen molar-refractivity contribution < 1.29 is 14.6 Å². The maximum Gasteiger partial charge on any atom is 0.338 e. The molecule has 0 saturated carbocycles. The molecule has 1 atom stereocenters. The van der Waals surface area contributed by atoms with Crippen molar-refractivity contribution in [1.82, 2.24) is 0 Å². The van der Waals surface area contributed by atoms with Crippen molar-refractivity contribution in [1.29, 1.82) is 0 Å². The molecule has 0 fully saturated rings. The van der Waals surface area contributed by atoms with E-state index in [-0.39, 0.29) is 0 Å². The van der Waals surface area contributed by atoms with E-state index in [4.69, 9.17) is 4.74 Å². The Hall–Kier alpha value is -2.29. The predicted octanol–water partition coefficient (Wildman–Crippen LogP) is 4.46. The first kappa shape index (κ1) is 15.6. The highest BCUT2D eigenvalue weighted by Gasteiger charge is 2.26. The first-order valence-electron chi connectivity index (χ1n) is 8.03. The molecule has 0 saturated heterocycles. The van der Waals surface area contributed by atoms with Crippen LogP contribution in [0.2, 0.25) is 0 Å². The van der Waals surface area contributed by atoms with E-state index < -0.39 is 5.97 Å². The summed E-state index contributed by atoms with van der Waals surface area (Å²) in [6, 6.07) is 5.84. The number of fused-ring (bicyclic) bond motifs is 2. The maximum atomic E-state index is 12.1. The molecule has 3 nitrogen and oxygen atoms in total. The van der Waals surface area contributed by atoms with Crippen LogP contribution in [0.15, 0.2) is 30.4 Å². The number of carbonyl (C=O) groups excluding carboxylic acids is 1. The van der Waals surface area contributed by atoms with Crippen LogP contribution in [0.5, 0.6) is 11.5 Å². The molecule has 0 bridgehead atoms. The van der Waals surface area contributed by atoms with E-state index in [1.54, 1.807) is 6.92 Å². The molecule has 2 aromatic carbocycles. The fourth-order valence-corrected chi connectivity index (χ4v) is 3.28. The van der Waals surface area contributed by atoms with Crippen LogP contribution in [-0.2, 0) is 17.6 Å². The first-order chi connectivity index (χ1) is 10.9. The molecule has 1 unspecified atom stereocenters. The van der Waals surface area contributed by atoms with E-state index in [0.717, 1.165) is 46.7 Å². The van der Waals surface area contributed by atoms with Crippen LogP contribution < -0.4 is 4.74 Å². The summed E-state index contributed by atoms with van der Waals surface area (Å²) < 4.78 is 5.68. The average molecular weight is 310 g/mol. The van der Waals surface area contributed by atoms with Gasteiger partial charge >= 0.3 is 5.97 Å². The van der Waals surface area contributed by atoms with Gasteiger partial charge in [0.25, 0.3) is 0 Å². The Balaban J connectivity index is 2.30. The molecular weight excluding hydrogens is 288 g/mol. The number of phenols is 1. The van der Waals surface area contributed by atoms with Crippen molar-refractivity contribution in [3.05, 3.63) is 47.0 Å². The molecule has 3 rings (SSSR count). The molecule has 0 amide bonds. The average Bonchev–Trinajstić information content (AvgIpc) is 2.51. The summed E-state index contributed by atoms with van der Waals surface area (Å²) in [5.41, 5.74) is 3.32. The second kappa shape index (κ2) is 5.73. The molecule has 23 heavy (non-hydrogen) atoms. The standard InChI is InChI=1S/C20H22O3/c1-11(2)20(22)23-19-15-8-6-12(3)9-16(15)18(21)14-7-5-13(4)10-17(14)19/h6,8-9,13,21H,1,5,7,10H2,2-4H3. The fraction of sp³-hybridized carbons (Fsp3) is 0.350. The van der Waals surface area contributed by atoms with Crippen LogP contribution in [0.3, 0.4) is 0 Å². The molecule has 0 aliphatic heterocycles. The number of ether oxygens (including phenoxy) is 1. The van der Waals surface area contributed by atoms with Gasteiger partial charge in [-0.25, -0.2) is 4.79 Å². The summed E-state index contributed by atoms with van der Waals surface area (Å²) in [5.74, 6) is 1.01. The molecule has 0 aromatic heterocycles. The summed E-state index contributed by atoms with van der Waals surface area (Å²) in [6.45, 7) is 9.48. The van der Waals surface area contributed by atoms with E-state index in [2.05, 4.69) is 13.5 Å². The molecule has 0 radical (unpaired) electrons. The van der Waals surface area contributed by atoms with E-state index in [1.807, 2.05) is 25.1 Å². The Bertz CT molecular complexity index is 817. The van der Waals surface area contributed by atoms with Gasteiger partial charge in [-0.15, -0.1) is 0 Å². The third-order valence-corrected chi connectivity index (χ3v) is 4.58. The number of rotatable bonds is 2. The minimum atomic E-state index is -0.419. The second-order valence-electron chi connectivity index (χ2n) is 6.70. The van der Waals surface area contributed by atoms with Crippen LogP contribution in [0, 0.1) is 12.8 Å². The Kier molecular flexibility index (Phi) is 3.88. The largest absolute Gasteiger partial charge is 0.507 e. The zero-order chi connectivity index (χ0) is 16.7. The summed E-state index contributed by atoms with van der Waals surface area (Å²) in [4.78, 5) is 12.1. The molecule has 1 aliphatic rings. The topological polar surface area (TPSA) is 46.5 Å². The normalized spacial score (nSPS) is 16.9. The van der Waals surface area contributed by atoms with Gasteiger partial charge in [-0.2, -0.15) is 0 Å². The first-order valence-corrected chi connectivity index (χ1v) is 8.03. The van der Waals surface area contributed by atoms with Crippen molar-refractivity contribution in [2.45, 2.75) is 40.0 Å². The zero-order valence-corrected chi connectivity index (χ0v) is 13.9. The Labute approximate surface area is 136 Å². The van der Waals surface area contributed by atoms with E-state index >= 15 is 0 Å². The van der Waals surface area contributed by atoms with E-state index in [9.17, 15) is 9.90 Å². The van der Waals surface area contributed by atoms with Gasteiger partial charge in [0.1, 0.15) is 11.5 Å². The number of carbonyl (C=O) groups is 1. The minimum Gasteiger partial charge on any atom is -0.507 e. The number of esters is 1. The van der Waals surface area contributed by atoms with Gasteiger partial charge < -0.3 is 9.84 Å². The summed E-state index contributed by atoms with van der Waals surface area (Å²) >= 11 is 0. The molecule has 2 aromatic rings. The zero-order valence-electron chi connectivity index (χ0n) is 13.9. The molecule has 1 N–H and O–H groups in total. The lowest BCUT2D eigenvalue weighted by Gasteiger charge is -2.26. The number of aryl methyl sites for hydroxylation is 1. The fourth-order valence-electron chi connectivity index (χ4n) is 3.28. The third-order valence-electron chi connectivity index (χ3n) is 4.58. The number of hydrogen-bond donors (Lipinski definition) is 1. The van der Waals surface area contributed by atoms with Gasteiger partial charge in [0.05, 0.1) is 0 Å². The summed E-state index contributed by atoms with van der Waals surface area (Å²) in [5, 5.41) is 12.3. The highest BCUT2D eigenvalue weighted by atomic mass is 16.5. The van der Waals surface area contributed by atoms with Gasteiger partial charge in [0.15, 0.2) is 0 Å². The second-order valence-corrected chi connectivity index (χ2v) is 6.70. The Morgan fingerprint density at radius 2 is 2.04 bits per heavy atom. The van der Waals surface area contributed by atoms with Crippen molar-refractivity contribution in [2.24, 2.45) is 5.92 Å². The number of hydrogen-bond acceptors (Lipinski definition) is 3. The molecule has 1 aliphatic carbocycles. The smallest absolute Gasteiger partial charge is 0.338 e. The SMILES string of the molecule is C=C(C)C(=O)Oc1c2c(c(O)c3cc(C)ccc13)CCC(C)C2. The van der Waals surface area contributed by atoms with Gasteiger partial charge in [-0.3, -0.25) is 0 Å². The quantitative estimate of drug-likeness (QED) is 0.506. The maximum absolute atomic E-state index is 12.1. The van der Waals surface area contributed by atoms with Gasteiger partial charge in [0.2, 0.25) is 0 Å². The molecular formula is C20H22O3. The lowest BCUT2D eigenvalue weighted by atomic mass is 9.82. The monoisotopic (exact) mass is 310 g/mol. The summed E-state index contributed by atoms with van der Waals surface area (Å²) in [6.07, 6.45) is 2.65. The highest BCUT2D eigenvalue weighted by Crippen LogP contribution is 2.45. The van der Waals surface area contributed by atoms with Crippen LogP contribution in [0.4, 0.5) is 0 Å². The third kappa shape index (κ3) is 2.72. The van der Waals surface area contributed by atoms with Crippen LogP contribution in [0.25, 0.3) is 10.8 Å². The molecule has 3 heteroatoms. The minimum absolute atomic E-state index is 0.334. The molecule has 0 heterocycles. The van der Waals surface area contributed by atoms with E-state index in [1.165, 1.54) is 0 Å². The van der Waals surface area contributed by atoms with E-state index in [0.29, 0.717) is 23.0 Å². The van der Waals surface area contributed by atoms with Crippen LogP contribution in [-0.4, -0.2) is 11.1 Å². The van der Waals surface area contributed by atoms with Crippen molar-refractivity contribution >= 4 is 16.7 Å². The van der Waals surface area contributed by atoms with Crippen LogP contribution >= 0.6 is 0 Å². The summed E-state index contributed by atoms with van der Waals surface area (Å²) in [7, 11) is 0. The van der Waals surface area contributed by atoms with Crippen molar-refractivity contribution in [3.63, 3.8) is 0 Å². The highest BCUT2D eigenvalue weighted by molar-refractivity contribution is 5.99. The molecule has 0 spiro atoms. The lowest BCUT2D eigenvalue weighted by molar-refractivity contribution is -0.130. The number of phenolic OH excluding ortho intramolecular Hbond substituents is 1. The van der Waals surface area contributed by atoms with Gasteiger partial charge in [-0.05, 0) is 45.1 Å². The van der Waals surface area contributed by atoms with Crippen molar-refractivity contribution in [2.75, 3.05) is 0 Å². The lowest BCUT2D eigenvalue weighted by Crippen LogP contribution is -2.16.